The first kappa shape index (κ1) is 11.0. The van der Waals surface area contributed by atoms with E-state index in [1.54, 1.807) is 6.07 Å². The summed E-state index contributed by atoms with van der Waals surface area (Å²) >= 11 is 0. The Kier molecular flexibility index (Phi) is 2.59. The van der Waals surface area contributed by atoms with E-state index in [0.717, 1.165) is 11.1 Å². The lowest BCUT2D eigenvalue weighted by Crippen LogP contribution is -1.96. The Morgan fingerprint density at radius 3 is 2.44 bits per heavy atom. The van der Waals surface area contributed by atoms with E-state index < -0.39 is 0 Å². The molecular weight excluding hydrogens is 228 g/mol. The predicted molar refractivity (Wildman–Crippen MR) is 68.2 cm³/mol. The molecule has 1 atom stereocenters. The van der Waals surface area contributed by atoms with Gasteiger partial charge in [-0.2, -0.15) is 0 Å². The van der Waals surface area contributed by atoms with Gasteiger partial charge < -0.3 is 14.6 Å². The van der Waals surface area contributed by atoms with Gasteiger partial charge in [0, 0.05) is 17.5 Å². The first-order valence-electron chi connectivity index (χ1n) is 5.93. The van der Waals surface area contributed by atoms with Crippen molar-refractivity contribution in [3.05, 3.63) is 53.6 Å². The smallest absolute Gasteiger partial charge is 0.231 e. The molecular formula is C15H14O3. The van der Waals surface area contributed by atoms with Crippen molar-refractivity contribution in [1.29, 1.82) is 0 Å². The van der Waals surface area contributed by atoms with E-state index in [1.165, 1.54) is 0 Å². The van der Waals surface area contributed by atoms with E-state index in [9.17, 15) is 5.11 Å². The lowest BCUT2D eigenvalue weighted by molar-refractivity contribution is 0.174. The lowest BCUT2D eigenvalue weighted by atomic mass is 9.92. The molecule has 0 bridgehead atoms. The number of aromatic hydroxyl groups is 1. The number of ether oxygens (including phenoxy) is 2. The van der Waals surface area contributed by atoms with Crippen molar-refractivity contribution in [1.82, 2.24) is 0 Å². The Balaban J connectivity index is 2.02. The molecule has 0 amide bonds. The highest BCUT2D eigenvalue weighted by molar-refractivity contribution is 5.53. The van der Waals surface area contributed by atoms with E-state index in [1.807, 2.05) is 24.3 Å². The van der Waals surface area contributed by atoms with E-state index in [-0.39, 0.29) is 18.5 Å². The molecule has 3 nitrogen and oxygen atoms in total. The zero-order chi connectivity index (χ0) is 12.5. The fourth-order valence-corrected chi connectivity index (χ4v) is 2.22. The Morgan fingerprint density at radius 1 is 1.06 bits per heavy atom. The summed E-state index contributed by atoms with van der Waals surface area (Å²) < 4.78 is 10.6. The number of phenols is 1. The van der Waals surface area contributed by atoms with Gasteiger partial charge in [0.1, 0.15) is 5.75 Å². The van der Waals surface area contributed by atoms with Crippen molar-refractivity contribution in [2.24, 2.45) is 0 Å². The maximum Gasteiger partial charge on any atom is 0.231 e. The van der Waals surface area contributed by atoms with Crippen LogP contribution >= 0.6 is 0 Å². The lowest BCUT2D eigenvalue weighted by Gasteiger charge is -2.14. The second kappa shape index (κ2) is 4.26. The molecule has 0 saturated heterocycles. The van der Waals surface area contributed by atoms with Crippen LogP contribution in [0.25, 0.3) is 0 Å². The summed E-state index contributed by atoms with van der Waals surface area (Å²) in [6, 6.07) is 13.6. The highest BCUT2D eigenvalue weighted by Gasteiger charge is 2.20. The van der Waals surface area contributed by atoms with Gasteiger partial charge >= 0.3 is 0 Å². The van der Waals surface area contributed by atoms with Gasteiger partial charge in [-0.15, -0.1) is 0 Å². The van der Waals surface area contributed by atoms with Crippen LogP contribution in [-0.4, -0.2) is 11.9 Å². The highest BCUT2D eigenvalue weighted by atomic mass is 16.7. The summed E-state index contributed by atoms with van der Waals surface area (Å²) in [7, 11) is 0. The molecule has 2 aromatic rings. The molecule has 1 aliphatic heterocycles. The van der Waals surface area contributed by atoms with Crippen molar-refractivity contribution in [3.8, 4) is 17.2 Å². The van der Waals surface area contributed by atoms with Gasteiger partial charge in [-0.3, -0.25) is 0 Å². The van der Waals surface area contributed by atoms with Crippen molar-refractivity contribution < 1.29 is 14.6 Å². The molecule has 0 fully saturated rings. The minimum absolute atomic E-state index is 0.112. The highest BCUT2D eigenvalue weighted by Crippen LogP contribution is 2.41. The van der Waals surface area contributed by atoms with E-state index in [0.29, 0.717) is 11.5 Å². The maximum atomic E-state index is 10.1. The fraction of sp³-hybridized carbons (Fsp3) is 0.200. The molecule has 92 valence electrons. The quantitative estimate of drug-likeness (QED) is 0.878. The van der Waals surface area contributed by atoms with Crippen molar-refractivity contribution >= 4 is 0 Å². The van der Waals surface area contributed by atoms with Gasteiger partial charge in [0.2, 0.25) is 6.79 Å². The van der Waals surface area contributed by atoms with Gasteiger partial charge in [-0.1, -0.05) is 37.3 Å². The van der Waals surface area contributed by atoms with Gasteiger partial charge in [0.15, 0.2) is 11.5 Å². The van der Waals surface area contributed by atoms with Crippen molar-refractivity contribution in [3.63, 3.8) is 0 Å². The average Bonchev–Trinajstić information content (AvgIpc) is 2.85. The number of phenolic OH excluding ortho intramolecular Hbond substituents is 1. The van der Waals surface area contributed by atoms with Crippen LogP contribution in [0.5, 0.6) is 17.2 Å². The molecule has 0 aliphatic carbocycles. The van der Waals surface area contributed by atoms with Crippen LogP contribution in [0.1, 0.15) is 24.0 Å². The van der Waals surface area contributed by atoms with Crippen molar-refractivity contribution in [2.75, 3.05) is 6.79 Å². The molecule has 3 rings (SSSR count). The molecule has 0 aromatic heterocycles. The van der Waals surface area contributed by atoms with Crippen LogP contribution in [0.15, 0.2) is 42.5 Å². The summed E-state index contributed by atoms with van der Waals surface area (Å²) in [5.41, 5.74) is 2.01. The van der Waals surface area contributed by atoms with E-state index in [4.69, 9.17) is 9.47 Å². The van der Waals surface area contributed by atoms with Gasteiger partial charge in [0.25, 0.3) is 0 Å². The first-order chi connectivity index (χ1) is 8.75. The van der Waals surface area contributed by atoms with Gasteiger partial charge in [-0.05, 0) is 11.6 Å². The minimum Gasteiger partial charge on any atom is -0.508 e. The molecule has 18 heavy (non-hydrogen) atoms. The number of benzene rings is 2. The molecule has 1 aliphatic rings. The second-order valence-electron chi connectivity index (χ2n) is 4.40. The minimum atomic E-state index is 0.112. The third-order valence-corrected chi connectivity index (χ3v) is 3.29. The number of hydrogen-bond acceptors (Lipinski definition) is 3. The molecule has 0 radical (unpaired) electrons. The largest absolute Gasteiger partial charge is 0.508 e. The zero-order valence-corrected chi connectivity index (χ0v) is 10.1. The van der Waals surface area contributed by atoms with Crippen LogP contribution in [0.3, 0.4) is 0 Å². The first-order valence-corrected chi connectivity index (χ1v) is 5.93. The SMILES string of the molecule is CC(c1ccccc1)c1cc2c(cc1O)OCO2. The molecule has 2 aromatic carbocycles. The average molecular weight is 242 g/mol. The Bertz CT molecular complexity index is 563. The molecule has 1 N–H and O–H groups in total. The normalized spacial score (nSPS) is 14.5. The van der Waals surface area contributed by atoms with Gasteiger partial charge in [0.05, 0.1) is 0 Å². The maximum absolute atomic E-state index is 10.1. The van der Waals surface area contributed by atoms with Crippen molar-refractivity contribution in [2.45, 2.75) is 12.8 Å². The molecule has 1 unspecified atom stereocenters. The third kappa shape index (κ3) is 1.78. The topological polar surface area (TPSA) is 38.7 Å². The Hall–Kier alpha value is -2.16. The summed E-state index contributed by atoms with van der Waals surface area (Å²) in [5, 5.41) is 10.1. The zero-order valence-electron chi connectivity index (χ0n) is 10.1. The van der Waals surface area contributed by atoms with Gasteiger partial charge in [-0.25, -0.2) is 0 Å². The molecule has 0 saturated carbocycles. The van der Waals surface area contributed by atoms with Crippen LogP contribution in [-0.2, 0) is 0 Å². The summed E-state index contributed by atoms with van der Waals surface area (Å²) in [6.45, 7) is 2.28. The van der Waals surface area contributed by atoms with E-state index in [2.05, 4.69) is 19.1 Å². The van der Waals surface area contributed by atoms with Crippen LogP contribution in [0.4, 0.5) is 0 Å². The Morgan fingerprint density at radius 2 is 1.72 bits per heavy atom. The predicted octanol–water partition coefficient (Wildman–Crippen LogP) is 3.27. The summed E-state index contributed by atoms with van der Waals surface area (Å²) in [6.07, 6.45) is 0. The van der Waals surface area contributed by atoms with Crippen LogP contribution in [0, 0.1) is 0 Å². The number of hydrogen-bond donors (Lipinski definition) is 1. The number of rotatable bonds is 2. The van der Waals surface area contributed by atoms with Crippen LogP contribution < -0.4 is 9.47 Å². The van der Waals surface area contributed by atoms with E-state index >= 15 is 0 Å². The molecule has 3 heteroatoms. The fourth-order valence-electron chi connectivity index (χ4n) is 2.22. The standard InChI is InChI=1S/C15H14O3/c1-10(11-5-3-2-4-6-11)12-7-14-15(8-13(12)16)18-9-17-14/h2-8,10,16H,9H2,1H3. The Labute approximate surface area is 106 Å². The summed E-state index contributed by atoms with van der Waals surface area (Å²) in [5.74, 6) is 1.67. The summed E-state index contributed by atoms with van der Waals surface area (Å²) in [4.78, 5) is 0. The third-order valence-electron chi connectivity index (χ3n) is 3.29. The van der Waals surface area contributed by atoms with Crippen LogP contribution in [0.2, 0.25) is 0 Å². The molecule has 0 spiro atoms. The monoisotopic (exact) mass is 242 g/mol. The number of fused-ring (bicyclic) bond motifs is 1. The molecule has 1 heterocycles. The second-order valence-corrected chi connectivity index (χ2v) is 4.40.